The molecule has 3 N–H and O–H groups in total. The van der Waals surface area contributed by atoms with E-state index in [1.807, 2.05) is 12.1 Å². The van der Waals surface area contributed by atoms with Gasteiger partial charge < -0.3 is 11.1 Å². The van der Waals surface area contributed by atoms with E-state index >= 15 is 0 Å². The molecular formula is C16H23BrN2O. The summed E-state index contributed by atoms with van der Waals surface area (Å²) in [7, 11) is 0. The number of rotatable bonds is 5. The number of benzene rings is 1. The molecule has 1 amide bonds. The maximum absolute atomic E-state index is 12.0. The van der Waals surface area contributed by atoms with Crippen LogP contribution in [0, 0.1) is 5.92 Å². The molecule has 1 aliphatic rings. The van der Waals surface area contributed by atoms with Crippen LogP contribution in [-0.2, 0) is 11.2 Å². The molecule has 20 heavy (non-hydrogen) atoms. The zero-order chi connectivity index (χ0) is 14.5. The molecule has 0 aromatic heterocycles. The molecule has 1 aromatic carbocycles. The fourth-order valence-electron chi connectivity index (χ4n) is 2.92. The minimum Gasteiger partial charge on any atom is -0.353 e. The zero-order valence-electron chi connectivity index (χ0n) is 11.9. The Morgan fingerprint density at radius 1 is 1.40 bits per heavy atom. The summed E-state index contributed by atoms with van der Waals surface area (Å²) in [6, 6.07) is 8.59. The van der Waals surface area contributed by atoms with E-state index in [4.69, 9.17) is 5.73 Å². The van der Waals surface area contributed by atoms with Crippen molar-refractivity contribution >= 4 is 21.8 Å². The Morgan fingerprint density at radius 2 is 2.10 bits per heavy atom. The molecule has 0 aliphatic heterocycles. The van der Waals surface area contributed by atoms with Gasteiger partial charge in [-0.05, 0) is 49.8 Å². The van der Waals surface area contributed by atoms with Gasteiger partial charge in [0.25, 0.3) is 0 Å². The van der Waals surface area contributed by atoms with Crippen molar-refractivity contribution < 1.29 is 4.79 Å². The third kappa shape index (κ3) is 4.60. The van der Waals surface area contributed by atoms with Gasteiger partial charge in [0.2, 0.25) is 5.91 Å². The molecule has 1 unspecified atom stereocenters. The van der Waals surface area contributed by atoms with Gasteiger partial charge >= 0.3 is 0 Å². The lowest BCUT2D eigenvalue weighted by Crippen LogP contribution is -2.37. The second kappa shape index (κ2) is 7.23. The fourth-order valence-corrected chi connectivity index (χ4v) is 3.18. The van der Waals surface area contributed by atoms with Crippen LogP contribution in [0.25, 0.3) is 0 Å². The quantitative estimate of drug-likeness (QED) is 0.866. The second-order valence-corrected chi connectivity index (χ2v) is 6.77. The smallest absolute Gasteiger partial charge is 0.220 e. The van der Waals surface area contributed by atoms with Crippen molar-refractivity contribution in [2.24, 2.45) is 11.7 Å². The van der Waals surface area contributed by atoms with Crippen LogP contribution in [0.1, 0.15) is 38.2 Å². The van der Waals surface area contributed by atoms with Crippen LogP contribution in [0.5, 0.6) is 0 Å². The van der Waals surface area contributed by atoms with Crippen molar-refractivity contribution in [3.05, 3.63) is 34.3 Å². The lowest BCUT2D eigenvalue weighted by atomic mass is 9.99. The van der Waals surface area contributed by atoms with Crippen LogP contribution >= 0.6 is 15.9 Å². The molecule has 1 fully saturated rings. The van der Waals surface area contributed by atoms with Gasteiger partial charge in [0.15, 0.2) is 0 Å². The van der Waals surface area contributed by atoms with Crippen LogP contribution < -0.4 is 11.1 Å². The predicted octanol–water partition coefficient (Wildman–Crippen LogP) is 3.01. The van der Waals surface area contributed by atoms with Crippen LogP contribution in [-0.4, -0.2) is 18.0 Å². The molecule has 110 valence electrons. The van der Waals surface area contributed by atoms with Gasteiger partial charge in [-0.25, -0.2) is 0 Å². The molecule has 0 saturated heterocycles. The summed E-state index contributed by atoms with van der Waals surface area (Å²) in [6.45, 7) is 2.05. The summed E-state index contributed by atoms with van der Waals surface area (Å²) in [4.78, 5) is 12.0. The first kappa shape index (κ1) is 15.5. The highest BCUT2D eigenvalue weighted by atomic mass is 79.9. The monoisotopic (exact) mass is 338 g/mol. The topological polar surface area (TPSA) is 55.1 Å². The zero-order valence-corrected chi connectivity index (χ0v) is 13.5. The highest BCUT2D eigenvalue weighted by Gasteiger charge is 2.26. The molecule has 0 radical (unpaired) electrons. The van der Waals surface area contributed by atoms with Crippen LogP contribution in [0.4, 0.5) is 0 Å². The maximum Gasteiger partial charge on any atom is 0.220 e. The van der Waals surface area contributed by atoms with Gasteiger partial charge in [-0.15, -0.1) is 0 Å². The van der Waals surface area contributed by atoms with Crippen molar-refractivity contribution in [3.8, 4) is 0 Å². The second-order valence-electron chi connectivity index (χ2n) is 5.86. The largest absolute Gasteiger partial charge is 0.353 e. The summed E-state index contributed by atoms with van der Waals surface area (Å²) >= 11 is 3.42. The minimum atomic E-state index is 0.136. The van der Waals surface area contributed by atoms with Gasteiger partial charge in [-0.3, -0.25) is 4.79 Å². The van der Waals surface area contributed by atoms with Gasteiger partial charge in [0.1, 0.15) is 0 Å². The van der Waals surface area contributed by atoms with E-state index < -0.39 is 0 Å². The van der Waals surface area contributed by atoms with Crippen LogP contribution in [0.3, 0.4) is 0 Å². The molecule has 0 spiro atoms. The number of hydrogen-bond donors (Lipinski definition) is 2. The molecule has 1 aliphatic carbocycles. The fraction of sp³-hybridized carbons (Fsp3) is 0.562. The average molecular weight is 339 g/mol. The number of nitrogens with one attached hydrogen (secondary N) is 1. The normalized spacial score (nSPS) is 23.6. The molecule has 1 aromatic rings. The first-order valence-electron chi connectivity index (χ1n) is 7.34. The molecule has 1 saturated carbocycles. The SMILES string of the molecule is CC(Cc1ccc(Br)cc1)NC(=O)C[C@@H]1CCC[C@H]1N. The average Bonchev–Trinajstić information content (AvgIpc) is 2.77. The maximum atomic E-state index is 12.0. The van der Waals surface area contributed by atoms with Crippen molar-refractivity contribution in [1.29, 1.82) is 0 Å². The molecule has 3 atom stereocenters. The summed E-state index contributed by atoms with van der Waals surface area (Å²) in [5.74, 6) is 0.506. The summed E-state index contributed by atoms with van der Waals surface area (Å²) < 4.78 is 1.08. The Balaban J connectivity index is 1.77. The Hall–Kier alpha value is -0.870. The summed E-state index contributed by atoms with van der Waals surface area (Å²) in [5.41, 5.74) is 7.25. The molecule has 0 bridgehead atoms. The van der Waals surface area contributed by atoms with Crippen LogP contribution in [0.15, 0.2) is 28.7 Å². The third-order valence-electron chi connectivity index (χ3n) is 4.03. The highest BCUT2D eigenvalue weighted by Crippen LogP contribution is 2.26. The van der Waals surface area contributed by atoms with Gasteiger partial charge in [0, 0.05) is 23.0 Å². The lowest BCUT2D eigenvalue weighted by Gasteiger charge is -2.18. The number of amides is 1. The third-order valence-corrected chi connectivity index (χ3v) is 4.56. The van der Waals surface area contributed by atoms with Crippen LogP contribution in [0.2, 0.25) is 0 Å². The number of halogens is 1. The number of carbonyl (C=O) groups excluding carboxylic acids is 1. The Kier molecular flexibility index (Phi) is 5.61. The van der Waals surface area contributed by atoms with Gasteiger partial charge in [-0.1, -0.05) is 34.5 Å². The van der Waals surface area contributed by atoms with E-state index in [9.17, 15) is 4.79 Å². The van der Waals surface area contributed by atoms with Crippen molar-refractivity contribution in [1.82, 2.24) is 5.32 Å². The van der Waals surface area contributed by atoms with E-state index in [0.29, 0.717) is 12.3 Å². The highest BCUT2D eigenvalue weighted by molar-refractivity contribution is 9.10. The van der Waals surface area contributed by atoms with E-state index in [2.05, 4.69) is 40.3 Å². The van der Waals surface area contributed by atoms with E-state index in [1.165, 1.54) is 5.56 Å². The van der Waals surface area contributed by atoms with E-state index in [1.54, 1.807) is 0 Å². The Morgan fingerprint density at radius 3 is 2.70 bits per heavy atom. The molecule has 3 nitrogen and oxygen atoms in total. The van der Waals surface area contributed by atoms with Gasteiger partial charge in [0.05, 0.1) is 0 Å². The Bertz CT molecular complexity index is 446. The molecule has 0 heterocycles. The van der Waals surface area contributed by atoms with Crippen molar-refractivity contribution in [3.63, 3.8) is 0 Å². The number of nitrogens with two attached hydrogens (primary N) is 1. The first-order chi connectivity index (χ1) is 9.54. The van der Waals surface area contributed by atoms with E-state index in [-0.39, 0.29) is 18.0 Å². The van der Waals surface area contributed by atoms with Gasteiger partial charge in [-0.2, -0.15) is 0 Å². The van der Waals surface area contributed by atoms with Crippen molar-refractivity contribution in [2.75, 3.05) is 0 Å². The van der Waals surface area contributed by atoms with E-state index in [0.717, 1.165) is 30.2 Å². The minimum absolute atomic E-state index is 0.136. The lowest BCUT2D eigenvalue weighted by molar-refractivity contribution is -0.122. The molecule has 2 rings (SSSR count). The standard InChI is InChI=1S/C16H23BrN2O/c1-11(9-12-5-7-14(17)8-6-12)19-16(20)10-13-3-2-4-15(13)18/h5-8,11,13,15H,2-4,9-10,18H2,1H3,(H,19,20)/t11?,13-,15+/m0/s1. The summed E-state index contributed by atoms with van der Waals surface area (Å²) in [5, 5.41) is 3.08. The van der Waals surface area contributed by atoms with Crippen molar-refractivity contribution in [2.45, 2.75) is 51.1 Å². The number of carbonyl (C=O) groups is 1. The molecular weight excluding hydrogens is 316 g/mol. The molecule has 4 heteroatoms. The summed E-state index contributed by atoms with van der Waals surface area (Å²) in [6.07, 6.45) is 4.75. The number of hydrogen-bond acceptors (Lipinski definition) is 2. The Labute approximate surface area is 129 Å². The predicted molar refractivity (Wildman–Crippen MR) is 85.4 cm³/mol. The first-order valence-corrected chi connectivity index (χ1v) is 8.13.